The van der Waals surface area contributed by atoms with Gasteiger partial charge in [0.15, 0.2) is 0 Å². The second-order valence-electron chi connectivity index (χ2n) is 4.42. The predicted molar refractivity (Wildman–Crippen MR) is 74.0 cm³/mol. The number of benzene rings is 1. The number of aromatic nitrogens is 2. The number of rotatable bonds is 6. The molecule has 1 aromatic heterocycles. The van der Waals surface area contributed by atoms with Gasteiger partial charge in [-0.1, -0.05) is 24.2 Å². The fourth-order valence-corrected chi connectivity index (χ4v) is 1.86. The van der Waals surface area contributed by atoms with Crippen LogP contribution >= 0.6 is 0 Å². The van der Waals surface area contributed by atoms with Gasteiger partial charge < -0.3 is 14.6 Å². The smallest absolute Gasteiger partial charge is 0.223 e. The van der Waals surface area contributed by atoms with Gasteiger partial charge in [0.1, 0.15) is 0 Å². The SMILES string of the molecule is CC[C@H](COC)Nc1cccc(-c2noc(C)n2)c1. The summed E-state index contributed by atoms with van der Waals surface area (Å²) < 4.78 is 10.2. The third kappa shape index (κ3) is 3.54. The number of anilines is 1. The van der Waals surface area contributed by atoms with Crippen LogP contribution in [0.1, 0.15) is 19.2 Å². The molecular formula is C14H19N3O2. The maximum absolute atomic E-state index is 5.18. The molecule has 5 nitrogen and oxygen atoms in total. The van der Waals surface area contributed by atoms with E-state index in [-0.39, 0.29) is 0 Å². The van der Waals surface area contributed by atoms with Crippen molar-refractivity contribution in [3.63, 3.8) is 0 Å². The van der Waals surface area contributed by atoms with Gasteiger partial charge in [-0.05, 0) is 18.6 Å². The normalized spacial score (nSPS) is 12.4. The third-order valence-electron chi connectivity index (χ3n) is 2.88. The molecule has 0 aliphatic heterocycles. The Morgan fingerprint density at radius 2 is 2.26 bits per heavy atom. The number of ether oxygens (including phenoxy) is 1. The topological polar surface area (TPSA) is 60.2 Å². The van der Waals surface area contributed by atoms with E-state index in [1.165, 1.54) is 0 Å². The average molecular weight is 261 g/mol. The third-order valence-corrected chi connectivity index (χ3v) is 2.88. The van der Waals surface area contributed by atoms with Crippen LogP contribution in [0.3, 0.4) is 0 Å². The lowest BCUT2D eigenvalue weighted by Crippen LogP contribution is -2.23. The van der Waals surface area contributed by atoms with Gasteiger partial charge in [-0.2, -0.15) is 4.98 Å². The fraction of sp³-hybridized carbons (Fsp3) is 0.429. The second kappa shape index (κ2) is 6.33. The molecule has 2 rings (SSSR count). The molecule has 0 saturated carbocycles. The van der Waals surface area contributed by atoms with Crippen molar-refractivity contribution in [3.8, 4) is 11.4 Å². The Morgan fingerprint density at radius 1 is 1.42 bits per heavy atom. The largest absolute Gasteiger partial charge is 0.383 e. The first-order valence-electron chi connectivity index (χ1n) is 6.39. The van der Waals surface area contributed by atoms with Crippen LogP contribution in [-0.2, 0) is 4.74 Å². The summed E-state index contributed by atoms with van der Waals surface area (Å²) >= 11 is 0. The number of hydrogen-bond acceptors (Lipinski definition) is 5. The second-order valence-corrected chi connectivity index (χ2v) is 4.42. The molecular weight excluding hydrogens is 242 g/mol. The Balaban J connectivity index is 2.15. The lowest BCUT2D eigenvalue weighted by Gasteiger charge is -2.17. The van der Waals surface area contributed by atoms with Gasteiger partial charge in [0.2, 0.25) is 11.7 Å². The van der Waals surface area contributed by atoms with E-state index in [2.05, 4.69) is 22.4 Å². The Kier molecular flexibility index (Phi) is 4.52. The predicted octanol–water partition coefficient (Wildman–Crippen LogP) is 2.88. The van der Waals surface area contributed by atoms with Crippen molar-refractivity contribution in [2.45, 2.75) is 26.3 Å². The number of nitrogens with zero attached hydrogens (tertiary/aromatic N) is 2. The van der Waals surface area contributed by atoms with E-state index in [1.807, 2.05) is 24.3 Å². The Hall–Kier alpha value is -1.88. The molecule has 0 aliphatic rings. The van der Waals surface area contributed by atoms with Crippen LogP contribution in [-0.4, -0.2) is 29.9 Å². The quantitative estimate of drug-likeness (QED) is 0.866. The minimum absolute atomic E-state index is 0.298. The molecule has 1 heterocycles. The lowest BCUT2D eigenvalue weighted by molar-refractivity contribution is 0.184. The number of methoxy groups -OCH3 is 1. The summed E-state index contributed by atoms with van der Waals surface area (Å²) in [4.78, 5) is 4.23. The zero-order chi connectivity index (χ0) is 13.7. The summed E-state index contributed by atoms with van der Waals surface area (Å²) in [5, 5.41) is 7.36. The van der Waals surface area contributed by atoms with Crippen LogP contribution in [0.2, 0.25) is 0 Å². The van der Waals surface area contributed by atoms with Gasteiger partial charge in [0.25, 0.3) is 0 Å². The first kappa shape index (κ1) is 13.5. The molecule has 1 N–H and O–H groups in total. The standard InChI is InChI=1S/C14H19N3O2/c1-4-12(9-18-3)16-13-7-5-6-11(8-13)14-15-10(2)19-17-14/h5-8,12,16H,4,9H2,1-3H3/t12-/m1/s1. The van der Waals surface area contributed by atoms with Crippen molar-refractivity contribution in [1.82, 2.24) is 10.1 Å². The highest BCUT2D eigenvalue weighted by atomic mass is 16.5. The fourth-order valence-electron chi connectivity index (χ4n) is 1.86. The van der Waals surface area contributed by atoms with Crippen molar-refractivity contribution in [3.05, 3.63) is 30.2 Å². The average Bonchev–Trinajstić information content (AvgIpc) is 2.85. The molecule has 0 fully saturated rings. The van der Waals surface area contributed by atoms with E-state index in [9.17, 15) is 0 Å². The summed E-state index contributed by atoms with van der Waals surface area (Å²) in [7, 11) is 1.71. The molecule has 1 aromatic carbocycles. The highest BCUT2D eigenvalue weighted by Crippen LogP contribution is 2.20. The zero-order valence-corrected chi connectivity index (χ0v) is 11.5. The summed E-state index contributed by atoms with van der Waals surface area (Å²) in [5.74, 6) is 1.18. The maximum Gasteiger partial charge on any atom is 0.223 e. The van der Waals surface area contributed by atoms with E-state index in [0.29, 0.717) is 24.4 Å². The molecule has 19 heavy (non-hydrogen) atoms. The highest BCUT2D eigenvalue weighted by Gasteiger charge is 2.09. The molecule has 2 aromatic rings. The molecule has 0 unspecified atom stereocenters. The van der Waals surface area contributed by atoms with E-state index < -0.39 is 0 Å². The highest BCUT2D eigenvalue weighted by molar-refractivity contribution is 5.62. The Labute approximate surface area is 113 Å². The summed E-state index contributed by atoms with van der Waals surface area (Å²) in [6, 6.07) is 8.28. The summed E-state index contributed by atoms with van der Waals surface area (Å²) in [5.41, 5.74) is 1.97. The van der Waals surface area contributed by atoms with Gasteiger partial charge in [0, 0.05) is 31.3 Å². The van der Waals surface area contributed by atoms with E-state index in [4.69, 9.17) is 9.26 Å². The first-order valence-corrected chi connectivity index (χ1v) is 6.39. The van der Waals surface area contributed by atoms with Crippen LogP contribution in [0.25, 0.3) is 11.4 Å². The molecule has 0 aliphatic carbocycles. The van der Waals surface area contributed by atoms with Crippen molar-refractivity contribution in [2.24, 2.45) is 0 Å². The van der Waals surface area contributed by atoms with Gasteiger partial charge in [-0.15, -0.1) is 0 Å². The van der Waals surface area contributed by atoms with Gasteiger partial charge in [-0.3, -0.25) is 0 Å². The van der Waals surface area contributed by atoms with Crippen molar-refractivity contribution in [2.75, 3.05) is 19.0 Å². The van der Waals surface area contributed by atoms with E-state index in [0.717, 1.165) is 17.7 Å². The molecule has 102 valence electrons. The molecule has 0 spiro atoms. The molecule has 5 heteroatoms. The van der Waals surface area contributed by atoms with E-state index in [1.54, 1.807) is 14.0 Å². The lowest BCUT2D eigenvalue weighted by atomic mass is 10.1. The van der Waals surface area contributed by atoms with Crippen LogP contribution in [0, 0.1) is 6.92 Å². The number of aryl methyl sites for hydroxylation is 1. The molecule has 0 radical (unpaired) electrons. The monoisotopic (exact) mass is 261 g/mol. The van der Waals surface area contributed by atoms with Gasteiger partial charge in [0.05, 0.1) is 6.61 Å². The molecule has 0 saturated heterocycles. The molecule has 0 amide bonds. The Morgan fingerprint density at radius 3 is 2.89 bits per heavy atom. The number of hydrogen-bond donors (Lipinski definition) is 1. The van der Waals surface area contributed by atoms with Crippen LogP contribution in [0.5, 0.6) is 0 Å². The van der Waals surface area contributed by atoms with Crippen LogP contribution in [0.4, 0.5) is 5.69 Å². The van der Waals surface area contributed by atoms with Crippen molar-refractivity contribution >= 4 is 5.69 Å². The molecule has 1 atom stereocenters. The summed E-state index contributed by atoms with van der Waals surface area (Å²) in [6.45, 7) is 4.59. The van der Waals surface area contributed by atoms with Crippen molar-refractivity contribution < 1.29 is 9.26 Å². The summed E-state index contributed by atoms with van der Waals surface area (Å²) in [6.07, 6.45) is 0.999. The van der Waals surface area contributed by atoms with Crippen LogP contribution in [0.15, 0.2) is 28.8 Å². The zero-order valence-electron chi connectivity index (χ0n) is 11.5. The van der Waals surface area contributed by atoms with Gasteiger partial charge >= 0.3 is 0 Å². The minimum Gasteiger partial charge on any atom is -0.383 e. The van der Waals surface area contributed by atoms with Crippen LogP contribution < -0.4 is 5.32 Å². The number of nitrogens with one attached hydrogen (secondary N) is 1. The minimum atomic E-state index is 0.298. The van der Waals surface area contributed by atoms with Crippen molar-refractivity contribution in [1.29, 1.82) is 0 Å². The first-order chi connectivity index (χ1) is 9.22. The van der Waals surface area contributed by atoms with E-state index >= 15 is 0 Å². The maximum atomic E-state index is 5.18. The van der Waals surface area contributed by atoms with Gasteiger partial charge in [-0.25, -0.2) is 0 Å². The Bertz CT molecular complexity index is 525. The molecule has 0 bridgehead atoms.